The van der Waals surface area contributed by atoms with Gasteiger partial charge in [0.05, 0.1) is 0 Å². The van der Waals surface area contributed by atoms with E-state index in [1.807, 2.05) is 0 Å². The fourth-order valence-corrected chi connectivity index (χ4v) is 1.21. The van der Waals surface area contributed by atoms with E-state index >= 15 is 0 Å². The highest BCUT2D eigenvalue weighted by Crippen LogP contribution is 2.33. The second kappa shape index (κ2) is 2.86. The van der Waals surface area contributed by atoms with Crippen LogP contribution in [-0.4, -0.2) is 30.6 Å². The average molecular weight is 172 g/mol. The van der Waals surface area contributed by atoms with Crippen molar-refractivity contribution in [1.82, 2.24) is 0 Å². The maximum atomic E-state index is 11.1. The first kappa shape index (κ1) is 9.19. The SMILES string of the molecule is CO[C@@]1(C)C(=O)C[C@@H]1OC(C)=O. The third-order valence-electron chi connectivity index (χ3n) is 2.27. The summed E-state index contributed by atoms with van der Waals surface area (Å²) < 4.78 is 9.85. The van der Waals surface area contributed by atoms with Gasteiger partial charge in [0.1, 0.15) is 6.10 Å². The molecule has 0 radical (unpaired) electrons. The van der Waals surface area contributed by atoms with Crippen molar-refractivity contribution >= 4 is 11.8 Å². The number of ketones is 1. The number of methoxy groups -OCH3 is 1. The molecule has 1 rings (SSSR count). The van der Waals surface area contributed by atoms with E-state index in [1.54, 1.807) is 6.92 Å². The maximum absolute atomic E-state index is 11.1. The van der Waals surface area contributed by atoms with Crippen molar-refractivity contribution in [3.05, 3.63) is 0 Å². The fourth-order valence-electron chi connectivity index (χ4n) is 1.21. The first-order chi connectivity index (χ1) is 5.50. The van der Waals surface area contributed by atoms with Crippen LogP contribution in [0.2, 0.25) is 0 Å². The minimum Gasteiger partial charge on any atom is -0.459 e. The lowest BCUT2D eigenvalue weighted by molar-refractivity contribution is -0.193. The Balaban J connectivity index is 2.60. The number of Topliss-reactive ketones (excluding diaryl/α,β-unsaturated/α-hetero) is 1. The molecule has 1 aliphatic carbocycles. The second-order valence-electron chi connectivity index (χ2n) is 3.04. The predicted molar refractivity (Wildman–Crippen MR) is 40.6 cm³/mol. The van der Waals surface area contributed by atoms with Crippen molar-refractivity contribution in [3.63, 3.8) is 0 Å². The Bertz CT molecular complexity index is 223. The molecular weight excluding hydrogens is 160 g/mol. The minimum atomic E-state index is -0.911. The molecule has 0 unspecified atom stereocenters. The van der Waals surface area contributed by atoms with Gasteiger partial charge in [0.25, 0.3) is 0 Å². The van der Waals surface area contributed by atoms with Gasteiger partial charge in [-0.2, -0.15) is 0 Å². The molecule has 1 saturated carbocycles. The standard InChI is InChI=1S/C8H12O4/c1-5(9)12-7-4-6(10)8(7,2)11-3/h7H,4H2,1-3H3/t7-,8-/m0/s1. The van der Waals surface area contributed by atoms with Crippen LogP contribution in [0.15, 0.2) is 0 Å². The van der Waals surface area contributed by atoms with Crippen LogP contribution < -0.4 is 0 Å². The van der Waals surface area contributed by atoms with E-state index in [4.69, 9.17) is 9.47 Å². The van der Waals surface area contributed by atoms with Crippen LogP contribution in [0.5, 0.6) is 0 Å². The number of rotatable bonds is 2. The Kier molecular flexibility index (Phi) is 2.19. The molecule has 4 nitrogen and oxygen atoms in total. The number of hydrogen-bond acceptors (Lipinski definition) is 4. The smallest absolute Gasteiger partial charge is 0.303 e. The highest BCUT2D eigenvalue weighted by atomic mass is 16.6. The van der Waals surface area contributed by atoms with E-state index in [2.05, 4.69) is 0 Å². The molecule has 1 fully saturated rings. The molecule has 0 spiro atoms. The van der Waals surface area contributed by atoms with Gasteiger partial charge in [0.2, 0.25) is 0 Å². The molecule has 0 aromatic rings. The molecule has 68 valence electrons. The van der Waals surface area contributed by atoms with Crippen molar-refractivity contribution in [3.8, 4) is 0 Å². The Morgan fingerprint density at radius 2 is 2.25 bits per heavy atom. The molecular formula is C8H12O4. The molecule has 2 atom stereocenters. The summed E-state index contributed by atoms with van der Waals surface area (Å²) in [7, 11) is 1.44. The summed E-state index contributed by atoms with van der Waals surface area (Å²) in [5, 5.41) is 0. The highest BCUT2D eigenvalue weighted by Gasteiger charge is 2.54. The average Bonchev–Trinajstić information content (AvgIpc) is 2.02. The van der Waals surface area contributed by atoms with E-state index in [-0.39, 0.29) is 18.2 Å². The summed E-state index contributed by atoms with van der Waals surface area (Å²) in [6.07, 6.45) is -0.142. The van der Waals surface area contributed by atoms with Gasteiger partial charge in [-0.15, -0.1) is 0 Å². The van der Waals surface area contributed by atoms with E-state index in [0.29, 0.717) is 0 Å². The third kappa shape index (κ3) is 1.22. The summed E-state index contributed by atoms with van der Waals surface area (Å²) >= 11 is 0. The number of carbonyl (C=O) groups is 2. The Morgan fingerprint density at radius 1 is 1.67 bits per heavy atom. The third-order valence-corrected chi connectivity index (χ3v) is 2.27. The quantitative estimate of drug-likeness (QED) is 0.562. The second-order valence-corrected chi connectivity index (χ2v) is 3.04. The van der Waals surface area contributed by atoms with Crippen LogP contribution in [0.3, 0.4) is 0 Å². The van der Waals surface area contributed by atoms with Gasteiger partial charge >= 0.3 is 5.97 Å². The molecule has 0 bridgehead atoms. The highest BCUT2D eigenvalue weighted by molar-refractivity contribution is 5.95. The van der Waals surface area contributed by atoms with Gasteiger partial charge in [0, 0.05) is 20.5 Å². The van der Waals surface area contributed by atoms with Gasteiger partial charge in [0.15, 0.2) is 11.4 Å². The fraction of sp³-hybridized carbons (Fsp3) is 0.750. The van der Waals surface area contributed by atoms with Crippen LogP contribution in [0.1, 0.15) is 20.3 Å². The van der Waals surface area contributed by atoms with Gasteiger partial charge in [-0.1, -0.05) is 0 Å². The number of carbonyl (C=O) groups excluding carboxylic acids is 2. The van der Waals surface area contributed by atoms with E-state index in [1.165, 1.54) is 14.0 Å². The first-order valence-corrected chi connectivity index (χ1v) is 3.76. The lowest BCUT2D eigenvalue weighted by atomic mass is 9.77. The lowest BCUT2D eigenvalue weighted by Crippen LogP contribution is -2.61. The zero-order chi connectivity index (χ0) is 9.35. The molecule has 0 aliphatic heterocycles. The molecule has 0 aromatic heterocycles. The summed E-state index contributed by atoms with van der Waals surface area (Å²) in [5.41, 5.74) is -0.911. The normalized spacial score (nSPS) is 34.2. The van der Waals surface area contributed by atoms with Crippen LogP contribution in [0.4, 0.5) is 0 Å². The zero-order valence-electron chi connectivity index (χ0n) is 7.42. The molecule has 4 heteroatoms. The van der Waals surface area contributed by atoms with Crippen molar-refractivity contribution in [2.75, 3.05) is 7.11 Å². The van der Waals surface area contributed by atoms with E-state index in [0.717, 1.165) is 0 Å². The summed E-state index contributed by atoms with van der Waals surface area (Å²) in [5.74, 6) is -0.396. The van der Waals surface area contributed by atoms with Gasteiger partial charge < -0.3 is 9.47 Å². The zero-order valence-corrected chi connectivity index (χ0v) is 7.42. The van der Waals surface area contributed by atoms with Gasteiger partial charge in [-0.05, 0) is 6.92 Å². The molecule has 0 aromatic carbocycles. The Hall–Kier alpha value is -0.900. The predicted octanol–water partition coefficient (Wildman–Crippen LogP) is 0.296. The topological polar surface area (TPSA) is 52.6 Å². The largest absolute Gasteiger partial charge is 0.459 e. The van der Waals surface area contributed by atoms with Crippen molar-refractivity contribution < 1.29 is 19.1 Å². The van der Waals surface area contributed by atoms with Crippen LogP contribution in [0.25, 0.3) is 0 Å². The van der Waals surface area contributed by atoms with Crippen LogP contribution >= 0.6 is 0 Å². The molecule has 1 aliphatic rings. The molecule has 0 amide bonds. The number of esters is 1. The van der Waals surface area contributed by atoms with Crippen molar-refractivity contribution in [1.29, 1.82) is 0 Å². The van der Waals surface area contributed by atoms with Gasteiger partial charge in [-0.25, -0.2) is 0 Å². The van der Waals surface area contributed by atoms with Crippen molar-refractivity contribution in [2.45, 2.75) is 32.0 Å². The molecule has 0 N–H and O–H groups in total. The van der Waals surface area contributed by atoms with Crippen molar-refractivity contribution in [2.24, 2.45) is 0 Å². The minimum absolute atomic E-state index is 0.0174. The van der Waals surface area contributed by atoms with Crippen LogP contribution in [0, 0.1) is 0 Å². The molecule has 12 heavy (non-hydrogen) atoms. The van der Waals surface area contributed by atoms with Gasteiger partial charge in [-0.3, -0.25) is 9.59 Å². The van der Waals surface area contributed by atoms with E-state index in [9.17, 15) is 9.59 Å². The lowest BCUT2D eigenvalue weighted by Gasteiger charge is -2.42. The number of hydrogen-bond donors (Lipinski definition) is 0. The first-order valence-electron chi connectivity index (χ1n) is 3.76. The summed E-state index contributed by atoms with van der Waals surface area (Å²) in [6, 6.07) is 0. The molecule has 0 saturated heterocycles. The molecule has 0 heterocycles. The Morgan fingerprint density at radius 3 is 2.58 bits per heavy atom. The monoisotopic (exact) mass is 172 g/mol. The van der Waals surface area contributed by atoms with Crippen LogP contribution in [-0.2, 0) is 19.1 Å². The number of ether oxygens (including phenoxy) is 2. The maximum Gasteiger partial charge on any atom is 0.303 e. The van der Waals surface area contributed by atoms with E-state index < -0.39 is 11.7 Å². The summed E-state index contributed by atoms with van der Waals surface area (Å²) in [6.45, 7) is 2.95. The summed E-state index contributed by atoms with van der Waals surface area (Å²) in [4.78, 5) is 21.6. The Labute approximate surface area is 70.8 Å².